The van der Waals surface area contributed by atoms with Crippen molar-refractivity contribution in [2.75, 3.05) is 5.33 Å². The molecule has 1 atom stereocenters. The molecule has 0 spiro atoms. The highest BCUT2D eigenvalue weighted by Crippen LogP contribution is 2.24. The minimum Gasteiger partial charge on any atom is -0.207 e. The highest BCUT2D eigenvalue weighted by Gasteiger charge is 2.11. The first kappa shape index (κ1) is 13.3. The van der Waals surface area contributed by atoms with E-state index in [-0.39, 0.29) is 5.82 Å². The summed E-state index contributed by atoms with van der Waals surface area (Å²) in [6.07, 6.45) is 0.854. The summed E-state index contributed by atoms with van der Waals surface area (Å²) in [4.78, 5) is 0. The second kappa shape index (κ2) is 6.14. The molecule has 0 heterocycles. The van der Waals surface area contributed by atoms with Crippen LogP contribution in [-0.2, 0) is 6.42 Å². The van der Waals surface area contributed by atoms with E-state index in [1.54, 1.807) is 12.1 Å². The Bertz CT molecular complexity index is 522. The van der Waals surface area contributed by atoms with Gasteiger partial charge < -0.3 is 0 Å². The first-order valence-corrected chi connectivity index (χ1v) is 7.18. The fourth-order valence-electron chi connectivity index (χ4n) is 2.13. The van der Waals surface area contributed by atoms with Gasteiger partial charge in [0.2, 0.25) is 0 Å². The van der Waals surface area contributed by atoms with E-state index in [4.69, 9.17) is 0 Å². The van der Waals surface area contributed by atoms with Gasteiger partial charge in [0.15, 0.2) is 0 Å². The lowest BCUT2D eigenvalue weighted by atomic mass is 9.93. The van der Waals surface area contributed by atoms with Gasteiger partial charge in [-0.05, 0) is 42.5 Å². The number of benzene rings is 2. The maximum atomic E-state index is 13.2. The number of rotatable bonds is 4. The molecule has 0 aromatic heterocycles. The van der Waals surface area contributed by atoms with Crippen LogP contribution in [0.1, 0.15) is 22.6 Å². The Morgan fingerprint density at radius 2 is 1.89 bits per heavy atom. The lowest BCUT2D eigenvalue weighted by Gasteiger charge is -2.15. The van der Waals surface area contributed by atoms with Crippen LogP contribution in [0.3, 0.4) is 0 Å². The molecule has 0 aliphatic rings. The molecule has 0 bridgehead atoms. The average molecular weight is 307 g/mol. The molecule has 2 rings (SSSR count). The number of halogens is 2. The van der Waals surface area contributed by atoms with Gasteiger partial charge in [-0.2, -0.15) is 0 Å². The highest BCUT2D eigenvalue weighted by molar-refractivity contribution is 9.09. The van der Waals surface area contributed by atoms with Crippen LogP contribution in [0.4, 0.5) is 4.39 Å². The van der Waals surface area contributed by atoms with Crippen molar-refractivity contribution in [1.82, 2.24) is 0 Å². The molecule has 1 unspecified atom stereocenters. The van der Waals surface area contributed by atoms with E-state index in [0.717, 1.165) is 17.3 Å². The smallest absolute Gasteiger partial charge is 0.123 e. The Hall–Kier alpha value is -1.15. The standard InChI is InChI=1S/C16H16BrF/c1-12-4-2-6-14(8-12)15(11-17)9-13-5-3-7-16(18)10-13/h2-8,10,15H,9,11H2,1H3. The Balaban J connectivity index is 2.19. The minimum atomic E-state index is -0.162. The molecule has 2 aromatic carbocycles. The quantitative estimate of drug-likeness (QED) is 0.708. The summed E-state index contributed by atoms with van der Waals surface area (Å²) < 4.78 is 13.2. The lowest BCUT2D eigenvalue weighted by Crippen LogP contribution is -2.05. The van der Waals surface area contributed by atoms with Gasteiger partial charge >= 0.3 is 0 Å². The van der Waals surface area contributed by atoms with E-state index >= 15 is 0 Å². The van der Waals surface area contributed by atoms with Gasteiger partial charge in [-0.3, -0.25) is 0 Å². The molecule has 0 fully saturated rings. The number of hydrogen-bond acceptors (Lipinski definition) is 0. The molecule has 0 saturated heterocycles. The van der Waals surface area contributed by atoms with Gasteiger partial charge in [0.1, 0.15) is 5.82 Å². The van der Waals surface area contributed by atoms with E-state index in [0.29, 0.717) is 5.92 Å². The second-order valence-corrected chi connectivity index (χ2v) is 5.25. The minimum absolute atomic E-state index is 0.162. The van der Waals surface area contributed by atoms with Crippen molar-refractivity contribution in [3.8, 4) is 0 Å². The average Bonchev–Trinajstić information content (AvgIpc) is 2.36. The molecule has 0 saturated carbocycles. The molecule has 2 aromatic rings. The van der Waals surface area contributed by atoms with Gasteiger partial charge in [0.05, 0.1) is 0 Å². The zero-order valence-electron chi connectivity index (χ0n) is 10.4. The summed E-state index contributed by atoms with van der Waals surface area (Å²) in [7, 11) is 0. The molecular weight excluding hydrogens is 291 g/mol. The first-order chi connectivity index (χ1) is 8.69. The third-order valence-electron chi connectivity index (χ3n) is 3.07. The van der Waals surface area contributed by atoms with Crippen molar-refractivity contribution in [3.05, 3.63) is 71.0 Å². The van der Waals surface area contributed by atoms with Gasteiger partial charge in [-0.15, -0.1) is 0 Å². The Morgan fingerprint density at radius 3 is 2.56 bits per heavy atom. The number of aryl methyl sites for hydroxylation is 1. The predicted octanol–water partition coefficient (Wildman–Crippen LogP) is 4.86. The van der Waals surface area contributed by atoms with Crippen molar-refractivity contribution < 1.29 is 4.39 Å². The number of hydrogen-bond donors (Lipinski definition) is 0. The molecule has 94 valence electrons. The van der Waals surface area contributed by atoms with Gasteiger partial charge in [0, 0.05) is 5.33 Å². The van der Waals surface area contributed by atoms with Crippen LogP contribution >= 0.6 is 15.9 Å². The van der Waals surface area contributed by atoms with Crippen LogP contribution in [0.5, 0.6) is 0 Å². The fourth-order valence-corrected chi connectivity index (χ4v) is 2.74. The van der Waals surface area contributed by atoms with Crippen molar-refractivity contribution in [2.24, 2.45) is 0 Å². The van der Waals surface area contributed by atoms with Crippen LogP contribution in [0.15, 0.2) is 48.5 Å². The lowest BCUT2D eigenvalue weighted by molar-refractivity contribution is 0.623. The second-order valence-electron chi connectivity index (χ2n) is 4.60. The predicted molar refractivity (Wildman–Crippen MR) is 77.8 cm³/mol. The Kier molecular flexibility index (Phi) is 4.54. The third-order valence-corrected chi connectivity index (χ3v) is 3.85. The third kappa shape index (κ3) is 3.42. The molecule has 0 amide bonds. The summed E-state index contributed by atoms with van der Waals surface area (Å²) in [5.41, 5.74) is 3.61. The van der Waals surface area contributed by atoms with Gasteiger partial charge in [-0.1, -0.05) is 57.9 Å². The van der Waals surface area contributed by atoms with E-state index < -0.39 is 0 Å². The van der Waals surface area contributed by atoms with Crippen molar-refractivity contribution in [2.45, 2.75) is 19.3 Å². The number of alkyl halides is 1. The molecule has 2 heteroatoms. The Morgan fingerprint density at radius 1 is 1.11 bits per heavy atom. The first-order valence-electron chi connectivity index (χ1n) is 6.06. The largest absolute Gasteiger partial charge is 0.207 e. The fraction of sp³-hybridized carbons (Fsp3) is 0.250. The van der Waals surface area contributed by atoms with Crippen LogP contribution in [0, 0.1) is 12.7 Å². The van der Waals surface area contributed by atoms with Crippen LogP contribution in [0.2, 0.25) is 0 Å². The monoisotopic (exact) mass is 306 g/mol. The summed E-state index contributed by atoms with van der Waals surface area (Å²) in [5, 5.41) is 0.882. The molecule has 18 heavy (non-hydrogen) atoms. The van der Waals surface area contributed by atoms with Crippen LogP contribution in [0.25, 0.3) is 0 Å². The van der Waals surface area contributed by atoms with Crippen molar-refractivity contribution in [3.63, 3.8) is 0 Å². The molecule has 0 radical (unpaired) electrons. The van der Waals surface area contributed by atoms with E-state index in [9.17, 15) is 4.39 Å². The summed E-state index contributed by atoms with van der Waals surface area (Å²) in [6.45, 7) is 2.09. The van der Waals surface area contributed by atoms with E-state index in [2.05, 4.69) is 47.1 Å². The topological polar surface area (TPSA) is 0 Å². The maximum absolute atomic E-state index is 13.2. The zero-order chi connectivity index (χ0) is 13.0. The van der Waals surface area contributed by atoms with E-state index in [1.165, 1.54) is 17.2 Å². The molecule has 0 aliphatic carbocycles. The summed E-state index contributed by atoms with van der Waals surface area (Å²) in [5.74, 6) is 0.219. The van der Waals surface area contributed by atoms with E-state index in [1.807, 2.05) is 6.07 Å². The van der Waals surface area contributed by atoms with Crippen molar-refractivity contribution in [1.29, 1.82) is 0 Å². The maximum Gasteiger partial charge on any atom is 0.123 e. The SMILES string of the molecule is Cc1cccc(C(CBr)Cc2cccc(F)c2)c1. The summed E-state index contributed by atoms with van der Waals surface area (Å²) >= 11 is 3.56. The highest BCUT2D eigenvalue weighted by atomic mass is 79.9. The summed E-state index contributed by atoms with van der Waals surface area (Å²) in [6, 6.07) is 15.4. The van der Waals surface area contributed by atoms with Crippen molar-refractivity contribution >= 4 is 15.9 Å². The molecular formula is C16H16BrF. The molecule has 0 N–H and O–H groups in total. The Labute approximate surface area is 116 Å². The zero-order valence-corrected chi connectivity index (χ0v) is 12.0. The molecule has 0 aliphatic heterocycles. The van der Waals surface area contributed by atoms with Crippen LogP contribution in [-0.4, -0.2) is 5.33 Å². The van der Waals surface area contributed by atoms with Gasteiger partial charge in [-0.25, -0.2) is 4.39 Å². The van der Waals surface area contributed by atoms with Gasteiger partial charge in [0.25, 0.3) is 0 Å². The van der Waals surface area contributed by atoms with Crippen LogP contribution < -0.4 is 0 Å². The molecule has 0 nitrogen and oxygen atoms in total. The normalized spacial score (nSPS) is 12.4.